The molecule has 1 aliphatic heterocycles. The van der Waals surface area contributed by atoms with E-state index in [1.54, 1.807) is 0 Å². The second kappa shape index (κ2) is 4.40. The largest absolute Gasteiger partial charge is 0.397 e. The molecular weight excluding hydrogens is 223 g/mol. The van der Waals surface area contributed by atoms with Gasteiger partial charge in [-0.3, -0.25) is 0 Å². The topological polar surface area (TPSA) is 51.0 Å². The van der Waals surface area contributed by atoms with E-state index in [-0.39, 0.29) is 11.8 Å². The van der Waals surface area contributed by atoms with Crippen LogP contribution in [0.3, 0.4) is 0 Å². The van der Waals surface area contributed by atoms with Crippen molar-refractivity contribution in [2.75, 3.05) is 13.1 Å². The fraction of sp³-hybridized carbons (Fsp3) is 0.778. The number of hydrogen-bond donors (Lipinski definition) is 1. The predicted octanol–water partition coefficient (Wildman–Crippen LogP) is 1.64. The van der Waals surface area contributed by atoms with Crippen LogP contribution in [0, 0.1) is 0 Å². The highest BCUT2D eigenvalue weighted by Gasteiger charge is 2.32. The second-order valence-electron chi connectivity index (χ2n) is 3.86. The summed E-state index contributed by atoms with van der Waals surface area (Å²) in [6, 6.07) is 0. The second-order valence-corrected chi connectivity index (χ2v) is 3.86. The fourth-order valence-electron chi connectivity index (χ4n) is 1.76. The molecule has 2 heterocycles. The van der Waals surface area contributed by atoms with Crippen LogP contribution in [0.4, 0.5) is 13.2 Å². The Hall–Kier alpha value is -1.11. The van der Waals surface area contributed by atoms with Crippen molar-refractivity contribution in [3.63, 3.8) is 0 Å². The fourth-order valence-corrected chi connectivity index (χ4v) is 1.76. The molecule has 2 rings (SSSR count). The van der Waals surface area contributed by atoms with E-state index in [9.17, 15) is 13.2 Å². The highest BCUT2D eigenvalue weighted by Crippen LogP contribution is 2.25. The number of rotatable bonds is 2. The van der Waals surface area contributed by atoms with Crippen molar-refractivity contribution in [2.24, 2.45) is 0 Å². The third kappa shape index (κ3) is 2.94. The molecule has 16 heavy (non-hydrogen) atoms. The zero-order valence-corrected chi connectivity index (χ0v) is 8.55. The van der Waals surface area contributed by atoms with E-state index >= 15 is 0 Å². The van der Waals surface area contributed by atoms with E-state index in [2.05, 4.69) is 20.0 Å². The molecule has 0 bridgehead atoms. The molecule has 4 nitrogen and oxygen atoms in total. The number of nitrogens with one attached hydrogen (secondary N) is 1. The molecular formula is C9H12F3N3O. The molecule has 0 aromatic carbocycles. The van der Waals surface area contributed by atoms with Crippen LogP contribution in [0.1, 0.15) is 30.5 Å². The van der Waals surface area contributed by atoms with Gasteiger partial charge in [0.05, 0.1) is 0 Å². The van der Waals surface area contributed by atoms with Gasteiger partial charge in [0.1, 0.15) is 6.42 Å². The molecule has 0 spiro atoms. The smallest absolute Gasteiger partial charge is 0.339 e. The van der Waals surface area contributed by atoms with Gasteiger partial charge in [-0.05, 0) is 25.9 Å². The summed E-state index contributed by atoms with van der Waals surface area (Å²) in [5.74, 6) is 0.175. The Morgan fingerprint density at radius 3 is 2.62 bits per heavy atom. The number of hydrogen-bond acceptors (Lipinski definition) is 4. The van der Waals surface area contributed by atoms with Crippen LogP contribution in [0.2, 0.25) is 0 Å². The van der Waals surface area contributed by atoms with Gasteiger partial charge < -0.3 is 9.84 Å². The standard InChI is InChI=1S/C9H12F3N3O/c10-9(11,12)5-7-14-8(15-16-7)6-1-3-13-4-2-6/h6,13H,1-5H2. The first-order valence-corrected chi connectivity index (χ1v) is 5.14. The minimum Gasteiger partial charge on any atom is -0.339 e. The summed E-state index contributed by atoms with van der Waals surface area (Å²) in [5.41, 5.74) is 0. The molecule has 90 valence electrons. The van der Waals surface area contributed by atoms with Crippen molar-refractivity contribution < 1.29 is 17.7 Å². The van der Waals surface area contributed by atoms with Crippen molar-refractivity contribution in [1.82, 2.24) is 15.5 Å². The quantitative estimate of drug-likeness (QED) is 0.846. The van der Waals surface area contributed by atoms with E-state index < -0.39 is 12.6 Å². The van der Waals surface area contributed by atoms with Gasteiger partial charge in [-0.2, -0.15) is 18.2 Å². The maximum absolute atomic E-state index is 12.1. The van der Waals surface area contributed by atoms with Gasteiger partial charge in [0, 0.05) is 5.92 Å². The molecule has 0 amide bonds. The Labute approximate surface area is 90.2 Å². The normalized spacial score (nSPS) is 18.9. The number of alkyl halides is 3. The molecule has 7 heteroatoms. The summed E-state index contributed by atoms with van der Waals surface area (Å²) in [4.78, 5) is 3.79. The molecule has 0 aliphatic carbocycles. The maximum Gasteiger partial charge on any atom is 0.397 e. The first kappa shape index (κ1) is 11.4. The van der Waals surface area contributed by atoms with Gasteiger partial charge in [-0.1, -0.05) is 5.16 Å². The zero-order valence-electron chi connectivity index (χ0n) is 8.55. The highest BCUT2D eigenvalue weighted by molar-refractivity contribution is 4.98. The average molecular weight is 235 g/mol. The highest BCUT2D eigenvalue weighted by atomic mass is 19.4. The van der Waals surface area contributed by atoms with Crippen molar-refractivity contribution >= 4 is 0 Å². The Morgan fingerprint density at radius 1 is 1.31 bits per heavy atom. The zero-order chi connectivity index (χ0) is 11.6. The van der Waals surface area contributed by atoms with Gasteiger partial charge >= 0.3 is 6.18 Å². The number of piperidine rings is 1. The molecule has 1 N–H and O–H groups in total. The summed E-state index contributed by atoms with van der Waals surface area (Å²) >= 11 is 0. The molecule has 1 aliphatic rings. The number of aromatic nitrogens is 2. The Balaban J connectivity index is 2.01. The summed E-state index contributed by atoms with van der Waals surface area (Å²) < 4.78 is 40.8. The Kier molecular flexibility index (Phi) is 3.13. The lowest BCUT2D eigenvalue weighted by Gasteiger charge is -2.18. The third-order valence-corrected chi connectivity index (χ3v) is 2.54. The lowest BCUT2D eigenvalue weighted by Crippen LogP contribution is -2.27. The van der Waals surface area contributed by atoms with Crippen molar-refractivity contribution in [2.45, 2.75) is 31.4 Å². The van der Waals surface area contributed by atoms with Crippen LogP contribution in [0.25, 0.3) is 0 Å². The Morgan fingerprint density at radius 2 is 2.00 bits per heavy atom. The lowest BCUT2D eigenvalue weighted by atomic mass is 9.98. The molecule has 1 fully saturated rings. The first-order valence-electron chi connectivity index (χ1n) is 5.14. The molecule has 1 saturated heterocycles. The summed E-state index contributed by atoms with van der Waals surface area (Å²) in [6.45, 7) is 1.68. The van der Waals surface area contributed by atoms with Crippen LogP contribution in [0.5, 0.6) is 0 Å². The van der Waals surface area contributed by atoms with Crippen LogP contribution in [0.15, 0.2) is 4.52 Å². The van der Waals surface area contributed by atoms with Crippen LogP contribution in [-0.2, 0) is 6.42 Å². The van der Waals surface area contributed by atoms with Gasteiger partial charge in [-0.15, -0.1) is 0 Å². The lowest BCUT2D eigenvalue weighted by molar-refractivity contribution is -0.131. The monoisotopic (exact) mass is 235 g/mol. The Bertz CT molecular complexity index is 344. The number of halogens is 3. The predicted molar refractivity (Wildman–Crippen MR) is 48.9 cm³/mol. The SMILES string of the molecule is FC(F)(F)Cc1nc(C2CCNCC2)no1. The minimum absolute atomic E-state index is 0.118. The van der Waals surface area contributed by atoms with Crippen LogP contribution >= 0.6 is 0 Å². The van der Waals surface area contributed by atoms with Crippen molar-refractivity contribution in [3.05, 3.63) is 11.7 Å². The average Bonchev–Trinajstić information content (AvgIpc) is 2.65. The molecule has 1 aromatic heterocycles. The van der Waals surface area contributed by atoms with E-state index in [0.717, 1.165) is 25.9 Å². The van der Waals surface area contributed by atoms with E-state index in [1.165, 1.54) is 0 Å². The minimum atomic E-state index is -4.29. The summed E-state index contributed by atoms with van der Waals surface area (Å²) in [5, 5.41) is 6.77. The van der Waals surface area contributed by atoms with Gasteiger partial charge in [-0.25, -0.2) is 0 Å². The first-order chi connectivity index (χ1) is 7.54. The molecule has 0 atom stereocenters. The van der Waals surface area contributed by atoms with Crippen LogP contribution < -0.4 is 5.32 Å². The molecule has 1 aromatic rings. The summed E-state index contributed by atoms with van der Waals surface area (Å²) in [6.07, 6.45) is -3.77. The number of nitrogens with zero attached hydrogens (tertiary/aromatic N) is 2. The van der Waals surface area contributed by atoms with E-state index in [1.807, 2.05) is 0 Å². The van der Waals surface area contributed by atoms with E-state index in [0.29, 0.717) is 5.82 Å². The van der Waals surface area contributed by atoms with Gasteiger partial charge in [0.2, 0.25) is 5.89 Å². The van der Waals surface area contributed by atoms with E-state index in [4.69, 9.17) is 0 Å². The molecule has 0 saturated carbocycles. The third-order valence-electron chi connectivity index (χ3n) is 2.54. The van der Waals surface area contributed by atoms with Gasteiger partial charge in [0.25, 0.3) is 0 Å². The maximum atomic E-state index is 12.1. The molecule has 0 unspecified atom stereocenters. The molecule has 0 radical (unpaired) electrons. The van der Waals surface area contributed by atoms with Crippen LogP contribution in [-0.4, -0.2) is 29.4 Å². The van der Waals surface area contributed by atoms with Gasteiger partial charge in [0.15, 0.2) is 5.82 Å². The summed E-state index contributed by atoms with van der Waals surface area (Å²) in [7, 11) is 0. The van der Waals surface area contributed by atoms with Crippen molar-refractivity contribution in [1.29, 1.82) is 0 Å². The van der Waals surface area contributed by atoms with Crippen molar-refractivity contribution in [3.8, 4) is 0 Å².